The van der Waals surface area contributed by atoms with Crippen molar-refractivity contribution in [2.24, 2.45) is 4.99 Å². The minimum atomic E-state index is -0.724. The Hall–Kier alpha value is -2.59. The molecule has 0 spiro atoms. The van der Waals surface area contributed by atoms with Crippen LogP contribution in [0.25, 0.3) is 0 Å². The highest BCUT2D eigenvalue weighted by Gasteiger charge is 2.41. The number of benzene rings is 2. The van der Waals surface area contributed by atoms with Crippen LogP contribution in [0.5, 0.6) is 0 Å². The highest BCUT2D eigenvalue weighted by molar-refractivity contribution is 6.31. The first-order valence-corrected chi connectivity index (χ1v) is 10.5. The van der Waals surface area contributed by atoms with Gasteiger partial charge in [-0.05, 0) is 24.5 Å². The van der Waals surface area contributed by atoms with Crippen molar-refractivity contribution in [3.63, 3.8) is 0 Å². The van der Waals surface area contributed by atoms with Gasteiger partial charge < -0.3 is 9.64 Å². The summed E-state index contributed by atoms with van der Waals surface area (Å²) in [7, 11) is 0. The maximum Gasteiger partial charge on any atom is 0.224 e. The summed E-state index contributed by atoms with van der Waals surface area (Å²) in [5.74, 6) is 0.845. The summed E-state index contributed by atoms with van der Waals surface area (Å²) in [6.45, 7) is 1.09. The predicted octanol–water partition coefficient (Wildman–Crippen LogP) is 5.17. The fourth-order valence-electron chi connectivity index (χ4n) is 3.96. The van der Waals surface area contributed by atoms with Gasteiger partial charge in [0, 0.05) is 36.0 Å². The maximum atomic E-state index is 12.9. The highest BCUT2D eigenvalue weighted by Crippen LogP contribution is 2.33. The molecule has 0 aliphatic carbocycles. The molecule has 0 radical (unpaired) electrons. The largest absolute Gasteiger partial charge is 0.487 e. The minimum Gasteiger partial charge on any atom is -0.487 e. The number of likely N-dealkylation sites (tertiary alicyclic amines) is 1. The second kappa shape index (κ2) is 8.83. The number of nitrogens with zero attached hydrogens (tertiary/aromatic N) is 2. The first-order chi connectivity index (χ1) is 14.2. The lowest BCUT2D eigenvalue weighted by molar-refractivity contribution is -0.135. The molecule has 2 aliphatic rings. The molecular weight excluding hydrogens is 384 g/mol. The van der Waals surface area contributed by atoms with E-state index in [4.69, 9.17) is 21.3 Å². The molecule has 0 aromatic heterocycles. The lowest BCUT2D eigenvalue weighted by Crippen LogP contribution is -2.50. The van der Waals surface area contributed by atoms with Gasteiger partial charge in [0.15, 0.2) is 5.66 Å². The molecule has 0 N–H and O–H groups in total. The van der Waals surface area contributed by atoms with Crippen molar-refractivity contribution >= 4 is 23.7 Å². The monoisotopic (exact) mass is 408 g/mol. The van der Waals surface area contributed by atoms with Gasteiger partial charge in [-0.2, -0.15) is 0 Å². The quantitative estimate of drug-likeness (QED) is 0.661. The lowest BCUT2D eigenvalue weighted by Gasteiger charge is -2.37. The molecular formula is C24H25ClN2O2. The van der Waals surface area contributed by atoms with Crippen LogP contribution in [0.1, 0.15) is 36.8 Å². The maximum absolute atomic E-state index is 12.9. The van der Waals surface area contributed by atoms with Crippen LogP contribution in [0.4, 0.5) is 0 Å². The molecule has 1 saturated heterocycles. The van der Waals surface area contributed by atoms with Crippen molar-refractivity contribution < 1.29 is 9.53 Å². The third kappa shape index (κ3) is 4.54. The smallest absolute Gasteiger partial charge is 0.224 e. The van der Waals surface area contributed by atoms with Gasteiger partial charge in [-0.3, -0.25) is 9.79 Å². The number of halogens is 1. The van der Waals surface area contributed by atoms with Crippen molar-refractivity contribution in [1.29, 1.82) is 0 Å². The van der Waals surface area contributed by atoms with Crippen LogP contribution >= 0.6 is 11.6 Å². The lowest BCUT2D eigenvalue weighted by atomic mass is 9.97. The minimum absolute atomic E-state index is 0.166. The van der Waals surface area contributed by atoms with Crippen molar-refractivity contribution in [2.75, 3.05) is 6.54 Å². The summed E-state index contributed by atoms with van der Waals surface area (Å²) in [6, 6.07) is 17.8. The molecule has 29 heavy (non-hydrogen) atoms. The Kier molecular flexibility index (Phi) is 6.00. The van der Waals surface area contributed by atoms with E-state index in [1.54, 1.807) is 6.21 Å². The summed E-state index contributed by atoms with van der Waals surface area (Å²) >= 11 is 6.25. The number of aliphatic imine (C=N–C) groups is 1. The molecule has 2 aromatic carbocycles. The summed E-state index contributed by atoms with van der Waals surface area (Å²) in [5, 5.41) is 0.682. The molecule has 4 nitrogen and oxygen atoms in total. The number of carbonyl (C=O) groups excluding carboxylic acids is 1. The van der Waals surface area contributed by atoms with E-state index in [0.717, 1.165) is 36.9 Å². The van der Waals surface area contributed by atoms with Crippen LogP contribution in [-0.4, -0.2) is 29.2 Å². The fraction of sp³-hybridized carbons (Fsp3) is 0.333. The van der Waals surface area contributed by atoms with Gasteiger partial charge in [0.05, 0.1) is 6.21 Å². The number of rotatable bonds is 6. The molecule has 150 valence electrons. The number of amides is 1. The number of hydrogen-bond acceptors (Lipinski definition) is 3. The summed E-state index contributed by atoms with van der Waals surface area (Å²) < 4.78 is 6.01. The van der Waals surface area contributed by atoms with Crippen LogP contribution in [0.15, 0.2) is 71.4 Å². The van der Waals surface area contributed by atoms with Gasteiger partial charge in [0.1, 0.15) is 12.4 Å². The van der Waals surface area contributed by atoms with E-state index >= 15 is 0 Å². The predicted molar refractivity (Wildman–Crippen MR) is 116 cm³/mol. The summed E-state index contributed by atoms with van der Waals surface area (Å²) in [4.78, 5) is 19.7. The molecule has 2 aromatic rings. The number of allylic oxidation sites excluding steroid dienone is 1. The molecule has 1 atom stereocenters. The van der Waals surface area contributed by atoms with Gasteiger partial charge in [-0.1, -0.05) is 66.6 Å². The van der Waals surface area contributed by atoms with Crippen LogP contribution in [-0.2, 0) is 22.6 Å². The highest BCUT2D eigenvalue weighted by atomic mass is 35.5. The normalized spacial score (nSPS) is 21.8. The third-order valence-electron chi connectivity index (χ3n) is 5.49. The van der Waals surface area contributed by atoms with E-state index in [-0.39, 0.29) is 5.91 Å². The molecule has 0 bridgehead atoms. The zero-order chi connectivity index (χ0) is 20.1. The van der Waals surface area contributed by atoms with Crippen LogP contribution < -0.4 is 0 Å². The van der Waals surface area contributed by atoms with E-state index in [9.17, 15) is 4.79 Å². The topological polar surface area (TPSA) is 41.9 Å². The Bertz CT molecular complexity index is 925. The van der Waals surface area contributed by atoms with Crippen LogP contribution in [0.3, 0.4) is 0 Å². The van der Waals surface area contributed by atoms with E-state index in [2.05, 4.69) is 12.1 Å². The zero-order valence-corrected chi connectivity index (χ0v) is 17.1. The van der Waals surface area contributed by atoms with Gasteiger partial charge in [0.2, 0.25) is 5.91 Å². The summed E-state index contributed by atoms with van der Waals surface area (Å²) in [5.41, 5.74) is 1.35. The van der Waals surface area contributed by atoms with Gasteiger partial charge in [-0.15, -0.1) is 0 Å². The zero-order valence-electron chi connectivity index (χ0n) is 16.4. The molecule has 5 heteroatoms. The Labute approximate surface area is 176 Å². The molecule has 4 rings (SSSR count). The van der Waals surface area contributed by atoms with Gasteiger partial charge >= 0.3 is 0 Å². The van der Waals surface area contributed by atoms with E-state index in [1.165, 1.54) is 0 Å². The Morgan fingerprint density at radius 2 is 1.83 bits per heavy atom. The second-order valence-corrected chi connectivity index (χ2v) is 7.99. The van der Waals surface area contributed by atoms with Gasteiger partial charge in [-0.25, -0.2) is 0 Å². The Balaban J connectivity index is 1.60. The van der Waals surface area contributed by atoms with Crippen molar-refractivity contribution in [3.8, 4) is 0 Å². The number of carbonyl (C=O) groups is 1. The van der Waals surface area contributed by atoms with Crippen molar-refractivity contribution in [2.45, 2.75) is 44.4 Å². The SMILES string of the molecule is O=C1CCCCCN1C1(Cc2ccccc2)C=C(OCc2ccccc2Cl)C=N1. The van der Waals surface area contributed by atoms with Crippen LogP contribution in [0, 0.1) is 0 Å². The standard InChI is InChI=1S/C24H25ClN2O2/c25-22-12-7-6-11-20(22)18-29-21-16-24(26-17-21,15-19-9-3-1-4-10-19)27-14-8-2-5-13-23(27)28/h1,3-4,6-7,9-12,16-17H,2,5,8,13-15,18H2. The average molecular weight is 409 g/mol. The first-order valence-electron chi connectivity index (χ1n) is 10.1. The third-order valence-corrected chi connectivity index (χ3v) is 5.86. The van der Waals surface area contributed by atoms with E-state index in [0.29, 0.717) is 30.2 Å². The summed E-state index contributed by atoms with van der Waals surface area (Å²) in [6.07, 6.45) is 7.98. The van der Waals surface area contributed by atoms with Gasteiger partial charge in [0.25, 0.3) is 0 Å². The molecule has 1 unspecified atom stereocenters. The van der Waals surface area contributed by atoms with Crippen LogP contribution in [0.2, 0.25) is 5.02 Å². The molecule has 0 saturated carbocycles. The average Bonchev–Trinajstić information content (AvgIpc) is 3.00. The van der Waals surface area contributed by atoms with Crippen molar-refractivity contribution in [3.05, 3.63) is 82.6 Å². The number of hydrogen-bond donors (Lipinski definition) is 0. The Morgan fingerprint density at radius 3 is 2.66 bits per heavy atom. The Morgan fingerprint density at radius 1 is 1.03 bits per heavy atom. The molecule has 2 heterocycles. The molecule has 1 fully saturated rings. The molecule has 2 aliphatic heterocycles. The second-order valence-electron chi connectivity index (χ2n) is 7.58. The fourth-order valence-corrected chi connectivity index (χ4v) is 4.15. The molecule has 1 amide bonds. The first kappa shape index (κ1) is 19.7. The van der Waals surface area contributed by atoms with E-state index < -0.39 is 5.66 Å². The van der Waals surface area contributed by atoms with Crippen molar-refractivity contribution in [1.82, 2.24) is 4.90 Å². The number of ether oxygens (including phenoxy) is 1. The van der Waals surface area contributed by atoms with E-state index in [1.807, 2.05) is 53.4 Å².